The fourth-order valence-electron chi connectivity index (χ4n) is 3.21. The van der Waals surface area contributed by atoms with Crippen molar-refractivity contribution in [1.82, 2.24) is 9.97 Å². The Labute approximate surface area is 145 Å². The summed E-state index contributed by atoms with van der Waals surface area (Å²) in [6, 6.07) is 10.7. The maximum atomic E-state index is 5.29. The molecule has 5 nitrogen and oxygen atoms in total. The van der Waals surface area contributed by atoms with Crippen LogP contribution in [0, 0.1) is 0 Å². The van der Waals surface area contributed by atoms with Gasteiger partial charge in [-0.1, -0.05) is 6.07 Å². The van der Waals surface area contributed by atoms with Crippen LogP contribution >= 0.6 is 11.3 Å². The normalized spacial score (nSPS) is 15.6. The monoisotopic (exact) mass is 340 g/mol. The number of aromatic nitrogens is 2. The first-order chi connectivity index (χ1) is 11.8. The first kappa shape index (κ1) is 15.2. The number of ether oxygens (including phenoxy) is 1. The summed E-state index contributed by atoms with van der Waals surface area (Å²) in [6.07, 6.45) is 3.86. The highest BCUT2D eigenvalue weighted by molar-refractivity contribution is 7.16. The van der Waals surface area contributed by atoms with E-state index in [4.69, 9.17) is 4.74 Å². The molecule has 0 radical (unpaired) electrons. The van der Waals surface area contributed by atoms with Crippen LogP contribution in [-0.2, 0) is 0 Å². The summed E-state index contributed by atoms with van der Waals surface area (Å²) in [5.41, 5.74) is 1.12. The highest BCUT2D eigenvalue weighted by Gasteiger charge is 2.21. The minimum absolute atomic E-state index is 0.480. The van der Waals surface area contributed by atoms with Crippen molar-refractivity contribution in [1.29, 1.82) is 0 Å². The Bertz CT molecular complexity index is 827. The van der Waals surface area contributed by atoms with Crippen LogP contribution in [0.1, 0.15) is 12.8 Å². The summed E-state index contributed by atoms with van der Waals surface area (Å²) in [4.78, 5) is 12.3. The molecule has 2 aromatic heterocycles. The molecule has 1 aliphatic rings. The highest BCUT2D eigenvalue weighted by Crippen LogP contribution is 2.29. The van der Waals surface area contributed by atoms with E-state index in [-0.39, 0.29) is 0 Å². The second-order valence-electron chi connectivity index (χ2n) is 5.97. The lowest BCUT2D eigenvalue weighted by Crippen LogP contribution is -2.39. The molecule has 0 bridgehead atoms. The van der Waals surface area contributed by atoms with Crippen molar-refractivity contribution >= 4 is 33.1 Å². The van der Waals surface area contributed by atoms with Crippen molar-refractivity contribution in [2.45, 2.75) is 18.9 Å². The maximum absolute atomic E-state index is 5.29. The number of anilines is 2. The van der Waals surface area contributed by atoms with Gasteiger partial charge in [-0.2, -0.15) is 0 Å². The van der Waals surface area contributed by atoms with Gasteiger partial charge in [0.05, 0.1) is 12.5 Å². The number of rotatable bonds is 4. The van der Waals surface area contributed by atoms with E-state index in [1.54, 1.807) is 24.8 Å². The van der Waals surface area contributed by atoms with E-state index in [9.17, 15) is 0 Å². The molecule has 0 saturated carbocycles. The van der Waals surface area contributed by atoms with Gasteiger partial charge >= 0.3 is 0 Å². The van der Waals surface area contributed by atoms with Gasteiger partial charge in [0.15, 0.2) is 0 Å². The summed E-state index contributed by atoms with van der Waals surface area (Å²) in [6.45, 7) is 2.01. The fraction of sp³-hybridized carbons (Fsp3) is 0.333. The van der Waals surface area contributed by atoms with Crippen LogP contribution in [0.3, 0.4) is 0 Å². The minimum atomic E-state index is 0.480. The predicted octanol–water partition coefficient (Wildman–Crippen LogP) is 3.78. The van der Waals surface area contributed by atoms with Crippen molar-refractivity contribution < 1.29 is 4.74 Å². The summed E-state index contributed by atoms with van der Waals surface area (Å²) in [5.74, 6) is 1.96. The Balaban J connectivity index is 1.42. The van der Waals surface area contributed by atoms with E-state index in [2.05, 4.69) is 37.7 Å². The molecule has 124 valence electrons. The Hall–Kier alpha value is -2.34. The summed E-state index contributed by atoms with van der Waals surface area (Å²) in [7, 11) is 1.70. The Kier molecular flexibility index (Phi) is 4.21. The number of fused-ring (bicyclic) bond motifs is 1. The number of nitrogens with zero attached hydrogens (tertiary/aromatic N) is 3. The number of benzene rings is 1. The largest absolute Gasteiger partial charge is 0.497 e. The molecule has 1 aliphatic heterocycles. The summed E-state index contributed by atoms with van der Waals surface area (Å²) < 4.78 is 5.29. The van der Waals surface area contributed by atoms with Gasteiger partial charge in [-0.3, -0.25) is 0 Å². The average molecular weight is 340 g/mol. The minimum Gasteiger partial charge on any atom is -0.497 e. The van der Waals surface area contributed by atoms with Gasteiger partial charge in [-0.15, -0.1) is 11.3 Å². The third-order valence-corrected chi connectivity index (χ3v) is 5.30. The molecule has 1 aromatic carbocycles. The number of hydrogen-bond acceptors (Lipinski definition) is 6. The van der Waals surface area contributed by atoms with E-state index in [0.29, 0.717) is 6.04 Å². The Morgan fingerprint density at radius 1 is 1.21 bits per heavy atom. The molecule has 0 spiro atoms. The smallest absolute Gasteiger partial charge is 0.140 e. The van der Waals surface area contributed by atoms with E-state index in [0.717, 1.165) is 48.0 Å². The van der Waals surface area contributed by atoms with E-state index in [1.165, 1.54) is 5.39 Å². The second kappa shape index (κ2) is 6.65. The van der Waals surface area contributed by atoms with Crippen LogP contribution in [0.15, 0.2) is 42.0 Å². The van der Waals surface area contributed by atoms with Crippen LogP contribution in [-0.4, -0.2) is 36.2 Å². The summed E-state index contributed by atoms with van der Waals surface area (Å²) in [5, 5.41) is 6.87. The lowest BCUT2D eigenvalue weighted by Gasteiger charge is -2.33. The van der Waals surface area contributed by atoms with Gasteiger partial charge in [-0.25, -0.2) is 9.97 Å². The number of piperidine rings is 1. The van der Waals surface area contributed by atoms with E-state index < -0.39 is 0 Å². The number of nitrogens with one attached hydrogen (secondary N) is 1. The SMILES string of the molecule is COc1cccc(NC2CCN(c3ncnc4sccc34)CC2)c1. The van der Waals surface area contributed by atoms with Crippen molar-refractivity contribution in [2.75, 3.05) is 30.4 Å². The first-order valence-corrected chi connectivity index (χ1v) is 9.05. The standard InChI is InChI=1S/C18H20N4OS/c1-23-15-4-2-3-14(11-15)21-13-5-8-22(9-6-13)17-16-7-10-24-18(16)20-12-19-17/h2-4,7,10-13,21H,5-6,8-9H2,1H3. The van der Waals surface area contributed by atoms with E-state index in [1.807, 2.05) is 18.2 Å². The molecule has 0 atom stereocenters. The molecule has 0 unspecified atom stereocenters. The molecule has 6 heteroatoms. The van der Waals surface area contributed by atoms with Crippen LogP contribution in [0.25, 0.3) is 10.2 Å². The van der Waals surface area contributed by atoms with Crippen molar-refractivity contribution in [3.8, 4) is 5.75 Å². The second-order valence-corrected chi connectivity index (χ2v) is 6.87. The first-order valence-electron chi connectivity index (χ1n) is 8.17. The topological polar surface area (TPSA) is 50.3 Å². The Morgan fingerprint density at radius 2 is 2.08 bits per heavy atom. The van der Waals surface area contributed by atoms with Gasteiger partial charge in [0.2, 0.25) is 0 Å². The fourth-order valence-corrected chi connectivity index (χ4v) is 3.94. The number of methoxy groups -OCH3 is 1. The lowest BCUT2D eigenvalue weighted by atomic mass is 10.0. The Morgan fingerprint density at radius 3 is 2.92 bits per heavy atom. The molecule has 3 heterocycles. The van der Waals surface area contributed by atoms with Crippen molar-refractivity contribution in [2.24, 2.45) is 0 Å². The molecule has 1 saturated heterocycles. The molecular formula is C18H20N4OS. The predicted molar refractivity (Wildman–Crippen MR) is 99.3 cm³/mol. The van der Waals surface area contributed by atoms with Gasteiger partial charge in [0.25, 0.3) is 0 Å². The van der Waals surface area contributed by atoms with Crippen LogP contribution < -0.4 is 15.0 Å². The van der Waals surface area contributed by atoms with Gasteiger partial charge in [0.1, 0.15) is 22.7 Å². The van der Waals surface area contributed by atoms with Crippen LogP contribution in [0.2, 0.25) is 0 Å². The molecule has 0 aliphatic carbocycles. The maximum Gasteiger partial charge on any atom is 0.140 e. The quantitative estimate of drug-likeness (QED) is 0.783. The molecule has 1 fully saturated rings. The van der Waals surface area contributed by atoms with Crippen molar-refractivity contribution in [3.05, 3.63) is 42.0 Å². The third kappa shape index (κ3) is 3.01. The van der Waals surface area contributed by atoms with Gasteiger partial charge < -0.3 is 15.0 Å². The zero-order valence-corrected chi connectivity index (χ0v) is 14.4. The molecule has 1 N–H and O–H groups in total. The van der Waals surface area contributed by atoms with Gasteiger partial charge in [0, 0.05) is 30.9 Å². The molecular weight excluding hydrogens is 320 g/mol. The zero-order chi connectivity index (χ0) is 16.4. The third-order valence-electron chi connectivity index (χ3n) is 4.48. The molecule has 0 amide bonds. The average Bonchev–Trinajstić information content (AvgIpc) is 3.11. The van der Waals surface area contributed by atoms with Crippen LogP contribution in [0.4, 0.5) is 11.5 Å². The molecule has 4 rings (SSSR count). The number of thiophene rings is 1. The van der Waals surface area contributed by atoms with E-state index >= 15 is 0 Å². The lowest BCUT2D eigenvalue weighted by molar-refractivity contribution is 0.415. The molecule has 24 heavy (non-hydrogen) atoms. The number of hydrogen-bond donors (Lipinski definition) is 1. The van der Waals surface area contributed by atoms with Crippen LogP contribution in [0.5, 0.6) is 5.75 Å². The highest BCUT2D eigenvalue weighted by atomic mass is 32.1. The zero-order valence-electron chi connectivity index (χ0n) is 13.6. The summed E-state index contributed by atoms with van der Waals surface area (Å²) >= 11 is 1.67. The molecule has 3 aromatic rings. The van der Waals surface area contributed by atoms with Crippen molar-refractivity contribution in [3.63, 3.8) is 0 Å². The van der Waals surface area contributed by atoms with Gasteiger partial charge in [-0.05, 0) is 36.4 Å².